The zero-order chi connectivity index (χ0) is 29.0. The molecule has 1 aliphatic carbocycles. The van der Waals surface area contributed by atoms with E-state index < -0.39 is 0 Å². The molecule has 0 heterocycles. The number of benzene rings is 8. The van der Waals surface area contributed by atoms with E-state index >= 15 is 0 Å². The second-order valence-electron chi connectivity index (χ2n) is 11.7. The van der Waals surface area contributed by atoms with Crippen molar-refractivity contribution >= 4 is 21.5 Å². The molecule has 8 aromatic carbocycles. The van der Waals surface area contributed by atoms with Gasteiger partial charge in [-0.05, 0) is 107 Å². The third kappa shape index (κ3) is 3.92. The summed E-state index contributed by atoms with van der Waals surface area (Å²) in [6.07, 6.45) is 0. The molecule has 0 N–H and O–H groups in total. The Bertz CT molecular complexity index is 2320. The zero-order valence-corrected chi connectivity index (χ0v) is 24.2. The Morgan fingerprint density at radius 2 is 0.705 bits per heavy atom. The van der Waals surface area contributed by atoms with Gasteiger partial charge in [-0.1, -0.05) is 152 Å². The number of hydrogen-bond acceptors (Lipinski definition) is 0. The van der Waals surface area contributed by atoms with Crippen LogP contribution in [0.2, 0.25) is 0 Å². The fraction of sp³-hybridized carbons (Fsp3) is 0. The Hall–Kier alpha value is -5.72. The molecule has 0 spiro atoms. The monoisotopic (exact) mass is 556 g/mol. The summed E-state index contributed by atoms with van der Waals surface area (Å²) in [5.74, 6) is 0. The molecule has 0 nitrogen and oxygen atoms in total. The van der Waals surface area contributed by atoms with Gasteiger partial charge in [0, 0.05) is 0 Å². The molecule has 0 aromatic heterocycles. The molecule has 0 unspecified atom stereocenters. The molecule has 0 aliphatic heterocycles. The van der Waals surface area contributed by atoms with Gasteiger partial charge in [-0.2, -0.15) is 0 Å². The van der Waals surface area contributed by atoms with Gasteiger partial charge in [0.05, 0.1) is 0 Å². The first-order valence-electron chi connectivity index (χ1n) is 15.3. The molecule has 1 aliphatic rings. The molecule has 0 saturated carbocycles. The quantitative estimate of drug-likeness (QED) is 0.202. The largest absolute Gasteiger partial charge is 0.0622 e. The van der Waals surface area contributed by atoms with Crippen LogP contribution in [-0.4, -0.2) is 0 Å². The summed E-state index contributed by atoms with van der Waals surface area (Å²) in [6.45, 7) is 0. The Morgan fingerprint density at radius 3 is 1.50 bits per heavy atom. The van der Waals surface area contributed by atoms with E-state index in [0.717, 1.165) is 0 Å². The average molecular weight is 557 g/mol. The van der Waals surface area contributed by atoms with E-state index in [4.69, 9.17) is 0 Å². The molecule has 8 aromatic rings. The predicted molar refractivity (Wildman–Crippen MR) is 188 cm³/mol. The van der Waals surface area contributed by atoms with E-state index in [1.54, 1.807) is 0 Å². The van der Waals surface area contributed by atoms with Crippen molar-refractivity contribution in [3.05, 3.63) is 170 Å². The van der Waals surface area contributed by atoms with E-state index in [0.29, 0.717) is 0 Å². The first-order valence-corrected chi connectivity index (χ1v) is 15.3. The molecular weight excluding hydrogens is 528 g/mol. The molecule has 0 fully saturated rings. The van der Waals surface area contributed by atoms with Crippen molar-refractivity contribution in [2.45, 2.75) is 0 Å². The predicted octanol–water partition coefficient (Wildman–Crippen LogP) is 12.3. The van der Waals surface area contributed by atoms with Gasteiger partial charge < -0.3 is 0 Å². The Kier molecular flexibility index (Phi) is 5.61. The lowest BCUT2D eigenvalue weighted by Gasteiger charge is -2.14. The average Bonchev–Trinajstić information content (AvgIpc) is 3.43. The number of fused-ring (bicyclic) bond motifs is 4. The molecule has 204 valence electrons. The van der Waals surface area contributed by atoms with Gasteiger partial charge in [0.15, 0.2) is 0 Å². The second-order valence-corrected chi connectivity index (χ2v) is 11.7. The molecule has 44 heavy (non-hydrogen) atoms. The molecule has 0 radical (unpaired) electrons. The van der Waals surface area contributed by atoms with Gasteiger partial charge in [0.2, 0.25) is 0 Å². The van der Waals surface area contributed by atoms with Crippen molar-refractivity contribution < 1.29 is 0 Å². The van der Waals surface area contributed by atoms with Gasteiger partial charge in [-0.15, -0.1) is 0 Å². The van der Waals surface area contributed by atoms with E-state index in [1.165, 1.54) is 88.3 Å². The van der Waals surface area contributed by atoms with Crippen LogP contribution in [0.25, 0.3) is 88.3 Å². The van der Waals surface area contributed by atoms with Crippen LogP contribution in [0.5, 0.6) is 0 Å². The summed E-state index contributed by atoms with van der Waals surface area (Å²) in [5.41, 5.74) is 15.2. The third-order valence-corrected chi connectivity index (χ3v) is 9.22. The lowest BCUT2D eigenvalue weighted by Crippen LogP contribution is -1.88. The van der Waals surface area contributed by atoms with Crippen LogP contribution in [0, 0.1) is 0 Å². The fourth-order valence-electron chi connectivity index (χ4n) is 7.13. The van der Waals surface area contributed by atoms with Crippen molar-refractivity contribution in [3.8, 4) is 66.8 Å². The molecule has 0 heteroatoms. The van der Waals surface area contributed by atoms with Gasteiger partial charge >= 0.3 is 0 Å². The lowest BCUT2D eigenvalue weighted by atomic mass is 9.90. The number of rotatable bonds is 4. The standard InChI is InChI=1S/C44H28/c1-2-10-29(11-3-1)33-26-34(28-35(27-33)37-17-8-13-31-12-4-5-14-36(31)37)30-20-22-32(23-21-30)38-24-25-43-40-16-7-6-15-39(40)42-19-9-18-41(38)44(42)43/h1-28H. The second kappa shape index (κ2) is 9.93. The van der Waals surface area contributed by atoms with Crippen LogP contribution in [0.15, 0.2) is 170 Å². The third-order valence-electron chi connectivity index (χ3n) is 9.22. The fourth-order valence-corrected chi connectivity index (χ4v) is 7.13. The Morgan fingerprint density at radius 1 is 0.227 bits per heavy atom. The number of hydrogen-bond donors (Lipinski definition) is 0. The van der Waals surface area contributed by atoms with E-state index in [1.807, 2.05) is 0 Å². The van der Waals surface area contributed by atoms with Crippen LogP contribution >= 0.6 is 0 Å². The highest BCUT2D eigenvalue weighted by Crippen LogP contribution is 2.49. The van der Waals surface area contributed by atoms with Gasteiger partial charge in [0.25, 0.3) is 0 Å². The maximum atomic E-state index is 2.35. The molecular formula is C44H28. The SMILES string of the molecule is c1ccc(-c2cc(-c3ccc(-c4ccc5c6c(cccc46)-c4ccccc4-5)cc3)cc(-c3cccc4ccccc34)c2)cc1. The van der Waals surface area contributed by atoms with Crippen molar-refractivity contribution in [1.29, 1.82) is 0 Å². The molecule has 0 atom stereocenters. The minimum Gasteiger partial charge on any atom is -0.0622 e. The highest BCUT2D eigenvalue weighted by molar-refractivity contribution is 6.18. The van der Waals surface area contributed by atoms with Crippen LogP contribution in [0.4, 0.5) is 0 Å². The first-order chi connectivity index (χ1) is 21.8. The lowest BCUT2D eigenvalue weighted by molar-refractivity contribution is 1.57. The normalized spacial score (nSPS) is 11.6. The van der Waals surface area contributed by atoms with Gasteiger partial charge in [0.1, 0.15) is 0 Å². The summed E-state index contributed by atoms with van der Waals surface area (Å²) < 4.78 is 0. The highest BCUT2D eigenvalue weighted by Gasteiger charge is 2.22. The van der Waals surface area contributed by atoms with Crippen molar-refractivity contribution in [2.75, 3.05) is 0 Å². The van der Waals surface area contributed by atoms with Crippen molar-refractivity contribution in [2.24, 2.45) is 0 Å². The maximum absolute atomic E-state index is 2.35. The van der Waals surface area contributed by atoms with Gasteiger partial charge in [-0.3, -0.25) is 0 Å². The van der Waals surface area contributed by atoms with E-state index in [-0.39, 0.29) is 0 Å². The van der Waals surface area contributed by atoms with Crippen LogP contribution < -0.4 is 0 Å². The highest BCUT2D eigenvalue weighted by atomic mass is 14.2. The van der Waals surface area contributed by atoms with Crippen molar-refractivity contribution in [1.82, 2.24) is 0 Å². The van der Waals surface area contributed by atoms with Crippen LogP contribution in [-0.2, 0) is 0 Å². The van der Waals surface area contributed by atoms with E-state index in [9.17, 15) is 0 Å². The summed E-state index contributed by atoms with van der Waals surface area (Å²) in [6, 6.07) is 62.2. The summed E-state index contributed by atoms with van der Waals surface area (Å²) in [7, 11) is 0. The smallest absolute Gasteiger partial charge is 0.00201 e. The van der Waals surface area contributed by atoms with Crippen molar-refractivity contribution in [3.63, 3.8) is 0 Å². The summed E-state index contributed by atoms with van der Waals surface area (Å²) in [4.78, 5) is 0. The molecule has 9 rings (SSSR count). The Labute approximate surface area is 257 Å². The molecule has 0 bridgehead atoms. The van der Waals surface area contributed by atoms with Crippen LogP contribution in [0.3, 0.4) is 0 Å². The van der Waals surface area contributed by atoms with Gasteiger partial charge in [-0.25, -0.2) is 0 Å². The summed E-state index contributed by atoms with van der Waals surface area (Å²) >= 11 is 0. The van der Waals surface area contributed by atoms with Crippen LogP contribution in [0.1, 0.15) is 0 Å². The maximum Gasteiger partial charge on any atom is -0.00201 e. The molecule has 0 saturated heterocycles. The first kappa shape index (κ1) is 24.8. The minimum absolute atomic E-state index is 1.21. The Balaban J connectivity index is 1.17. The molecule has 0 amide bonds. The topological polar surface area (TPSA) is 0 Å². The zero-order valence-electron chi connectivity index (χ0n) is 24.2. The minimum atomic E-state index is 1.21. The van der Waals surface area contributed by atoms with E-state index in [2.05, 4.69) is 170 Å². The summed E-state index contributed by atoms with van der Waals surface area (Å²) in [5, 5.41) is 5.21.